The van der Waals surface area contributed by atoms with Gasteiger partial charge in [-0.25, -0.2) is 4.98 Å². The van der Waals surface area contributed by atoms with Crippen LogP contribution in [-0.4, -0.2) is 31.6 Å². The van der Waals surface area contributed by atoms with Crippen LogP contribution in [0.15, 0.2) is 54.6 Å². The summed E-state index contributed by atoms with van der Waals surface area (Å²) in [6.07, 6.45) is 0. The Hall–Kier alpha value is -3.54. The van der Waals surface area contributed by atoms with Crippen LogP contribution in [0.5, 0.6) is 5.75 Å². The van der Waals surface area contributed by atoms with Gasteiger partial charge >= 0.3 is 0 Å². The van der Waals surface area contributed by atoms with Gasteiger partial charge in [-0.1, -0.05) is 12.1 Å². The first-order valence-corrected chi connectivity index (χ1v) is 9.02. The second-order valence-electron chi connectivity index (χ2n) is 6.58. The molecule has 0 saturated heterocycles. The van der Waals surface area contributed by atoms with E-state index in [1.54, 1.807) is 0 Å². The molecule has 0 spiro atoms. The number of pyridine rings is 1. The number of nitrogens with zero attached hydrogens (tertiary/aromatic N) is 2. The van der Waals surface area contributed by atoms with Gasteiger partial charge in [0.1, 0.15) is 11.6 Å². The van der Waals surface area contributed by atoms with E-state index in [9.17, 15) is 4.79 Å². The standard InChI is InChI=1S/C22H24N4O2/c1-4-28-17-11-7-15(8-12-17)19-13-18(20(22(24)27)21(23)25-19)14-5-9-16(10-6-14)26(2)3/h5-13H,4H2,1-3H3,(H2,23,25)(H2,24,27). The summed E-state index contributed by atoms with van der Waals surface area (Å²) in [5, 5.41) is 0. The third-order valence-corrected chi connectivity index (χ3v) is 4.45. The molecule has 0 aliphatic rings. The summed E-state index contributed by atoms with van der Waals surface area (Å²) in [7, 11) is 3.94. The minimum Gasteiger partial charge on any atom is -0.494 e. The molecule has 0 radical (unpaired) electrons. The quantitative estimate of drug-likeness (QED) is 0.686. The van der Waals surface area contributed by atoms with Crippen LogP contribution < -0.4 is 21.1 Å². The second-order valence-corrected chi connectivity index (χ2v) is 6.58. The Bertz CT molecular complexity index is 981. The second kappa shape index (κ2) is 8.00. The van der Waals surface area contributed by atoms with Gasteiger partial charge in [0, 0.05) is 30.9 Å². The molecule has 0 aliphatic carbocycles. The molecule has 2 aromatic carbocycles. The molecule has 0 unspecified atom stereocenters. The van der Waals surface area contributed by atoms with Crippen molar-refractivity contribution in [3.63, 3.8) is 0 Å². The number of benzene rings is 2. The first kappa shape index (κ1) is 19.2. The van der Waals surface area contributed by atoms with Gasteiger partial charge in [-0.2, -0.15) is 0 Å². The highest BCUT2D eigenvalue weighted by atomic mass is 16.5. The molecule has 0 saturated carbocycles. The monoisotopic (exact) mass is 376 g/mol. The number of hydrogen-bond acceptors (Lipinski definition) is 5. The summed E-state index contributed by atoms with van der Waals surface area (Å²) >= 11 is 0. The molecule has 1 aromatic heterocycles. The van der Waals surface area contributed by atoms with Gasteiger partial charge in [0.05, 0.1) is 17.9 Å². The summed E-state index contributed by atoms with van der Waals surface area (Å²) in [6, 6.07) is 17.3. The number of amides is 1. The van der Waals surface area contributed by atoms with E-state index in [-0.39, 0.29) is 11.4 Å². The summed E-state index contributed by atoms with van der Waals surface area (Å²) in [5.74, 6) is 0.299. The predicted octanol–water partition coefficient (Wildman–Crippen LogP) is 3.56. The molecule has 1 amide bonds. The lowest BCUT2D eigenvalue weighted by molar-refractivity contribution is 0.100. The lowest BCUT2D eigenvalue weighted by atomic mass is 9.97. The lowest BCUT2D eigenvalue weighted by Crippen LogP contribution is -2.16. The molecule has 3 rings (SSSR count). The molecule has 6 nitrogen and oxygen atoms in total. The number of rotatable bonds is 6. The minimum absolute atomic E-state index is 0.116. The maximum atomic E-state index is 12.0. The molecule has 0 bridgehead atoms. The molecule has 1 heterocycles. The molecule has 0 aliphatic heterocycles. The van der Waals surface area contributed by atoms with Crippen LogP contribution in [0.4, 0.5) is 11.5 Å². The molecule has 144 valence electrons. The first-order chi connectivity index (χ1) is 13.4. The Morgan fingerprint density at radius 2 is 1.64 bits per heavy atom. The molecule has 3 aromatic rings. The molecule has 28 heavy (non-hydrogen) atoms. The molecule has 4 N–H and O–H groups in total. The zero-order chi connectivity index (χ0) is 20.3. The normalized spacial score (nSPS) is 10.5. The summed E-state index contributed by atoms with van der Waals surface area (Å²) in [4.78, 5) is 18.4. The van der Waals surface area contributed by atoms with Crippen molar-refractivity contribution >= 4 is 17.4 Å². The highest BCUT2D eigenvalue weighted by Gasteiger charge is 2.18. The number of aromatic nitrogens is 1. The van der Waals surface area contributed by atoms with Crippen molar-refractivity contribution in [1.29, 1.82) is 0 Å². The number of nitrogens with two attached hydrogens (primary N) is 2. The van der Waals surface area contributed by atoms with E-state index in [2.05, 4.69) is 4.98 Å². The number of anilines is 2. The number of hydrogen-bond donors (Lipinski definition) is 2. The molecular formula is C22H24N4O2. The first-order valence-electron chi connectivity index (χ1n) is 9.02. The van der Waals surface area contributed by atoms with Gasteiger partial charge in [-0.05, 0) is 55.0 Å². The Balaban J connectivity index is 2.10. The average Bonchev–Trinajstić information content (AvgIpc) is 2.68. The van der Waals surface area contributed by atoms with Crippen molar-refractivity contribution in [1.82, 2.24) is 4.98 Å². The topological polar surface area (TPSA) is 94.5 Å². The molecule has 0 atom stereocenters. The Morgan fingerprint density at radius 1 is 1.04 bits per heavy atom. The van der Waals surface area contributed by atoms with Gasteiger partial charge < -0.3 is 21.1 Å². The van der Waals surface area contributed by atoms with Crippen LogP contribution in [0.3, 0.4) is 0 Å². The van der Waals surface area contributed by atoms with E-state index >= 15 is 0 Å². The Kier molecular flexibility index (Phi) is 5.49. The largest absolute Gasteiger partial charge is 0.494 e. The highest BCUT2D eigenvalue weighted by Crippen LogP contribution is 2.32. The van der Waals surface area contributed by atoms with Gasteiger partial charge in [0.15, 0.2) is 0 Å². The van der Waals surface area contributed by atoms with E-state index in [1.165, 1.54) is 0 Å². The Morgan fingerprint density at radius 3 is 2.18 bits per heavy atom. The summed E-state index contributed by atoms with van der Waals surface area (Å²) < 4.78 is 5.48. The average molecular weight is 376 g/mol. The summed E-state index contributed by atoms with van der Waals surface area (Å²) in [6.45, 7) is 2.54. The van der Waals surface area contributed by atoms with Gasteiger partial charge in [0.2, 0.25) is 0 Å². The number of ether oxygens (including phenoxy) is 1. The van der Waals surface area contributed by atoms with Crippen molar-refractivity contribution in [2.24, 2.45) is 5.73 Å². The minimum atomic E-state index is -0.602. The van der Waals surface area contributed by atoms with Crippen molar-refractivity contribution in [2.45, 2.75) is 6.92 Å². The number of carbonyl (C=O) groups is 1. The van der Waals surface area contributed by atoms with E-state index in [1.807, 2.05) is 80.5 Å². The third-order valence-electron chi connectivity index (χ3n) is 4.45. The van der Waals surface area contributed by atoms with Gasteiger partial charge in [-0.3, -0.25) is 4.79 Å². The van der Waals surface area contributed by atoms with Gasteiger partial charge in [0.25, 0.3) is 5.91 Å². The molecule has 6 heteroatoms. The number of carbonyl (C=O) groups excluding carboxylic acids is 1. The van der Waals surface area contributed by atoms with E-state index in [4.69, 9.17) is 16.2 Å². The fourth-order valence-corrected chi connectivity index (χ4v) is 3.03. The van der Waals surface area contributed by atoms with E-state index in [0.29, 0.717) is 17.9 Å². The maximum absolute atomic E-state index is 12.0. The smallest absolute Gasteiger partial charge is 0.253 e. The van der Waals surface area contributed by atoms with Gasteiger partial charge in [-0.15, -0.1) is 0 Å². The molecular weight excluding hydrogens is 352 g/mol. The number of nitrogen functional groups attached to an aromatic ring is 1. The van der Waals surface area contributed by atoms with Crippen LogP contribution in [-0.2, 0) is 0 Å². The van der Waals surface area contributed by atoms with Crippen LogP contribution in [0, 0.1) is 0 Å². The zero-order valence-electron chi connectivity index (χ0n) is 16.3. The maximum Gasteiger partial charge on any atom is 0.253 e. The molecule has 0 fully saturated rings. The van der Waals surface area contributed by atoms with Crippen molar-refractivity contribution in [3.8, 4) is 28.1 Å². The van der Waals surface area contributed by atoms with Crippen LogP contribution in [0.25, 0.3) is 22.4 Å². The lowest BCUT2D eigenvalue weighted by Gasteiger charge is -2.15. The number of primary amides is 1. The van der Waals surface area contributed by atoms with E-state index in [0.717, 1.165) is 22.6 Å². The van der Waals surface area contributed by atoms with Crippen molar-refractivity contribution < 1.29 is 9.53 Å². The predicted molar refractivity (Wildman–Crippen MR) is 114 cm³/mol. The Labute approximate surface area is 164 Å². The van der Waals surface area contributed by atoms with Crippen LogP contribution in [0.1, 0.15) is 17.3 Å². The zero-order valence-corrected chi connectivity index (χ0v) is 16.3. The fraction of sp³-hybridized carbons (Fsp3) is 0.182. The van der Waals surface area contributed by atoms with Crippen LogP contribution in [0.2, 0.25) is 0 Å². The summed E-state index contributed by atoms with van der Waals surface area (Å²) in [5.41, 5.74) is 16.0. The SMILES string of the molecule is CCOc1ccc(-c2cc(-c3ccc(N(C)C)cc3)c(C(N)=O)c(N)n2)cc1. The highest BCUT2D eigenvalue weighted by molar-refractivity contribution is 6.04. The van der Waals surface area contributed by atoms with Crippen molar-refractivity contribution in [3.05, 3.63) is 60.2 Å². The van der Waals surface area contributed by atoms with E-state index < -0.39 is 5.91 Å². The fourth-order valence-electron chi connectivity index (χ4n) is 3.03. The van der Waals surface area contributed by atoms with Crippen molar-refractivity contribution in [2.75, 3.05) is 31.3 Å². The third kappa shape index (κ3) is 3.91. The van der Waals surface area contributed by atoms with Crippen LogP contribution >= 0.6 is 0 Å².